The monoisotopic (exact) mass is 492 g/mol. The van der Waals surface area contributed by atoms with Gasteiger partial charge in [0.2, 0.25) is 0 Å². The third-order valence-corrected chi connectivity index (χ3v) is 6.66. The molecule has 2 aliphatic heterocycles. The number of halogens is 3. The molecule has 3 heterocycles. The van der Waals surface area contributed by atoms with Gasteiger partial charge in [-0.15, -0.1) is 10.2 Å². The molecule has 7 nitrogen and oxygen atoms in total. The summed E-state index contributed by atoms with van der Waals surface area (Å²) in [7, 11) is 3.17. The Morgan fingerprint density at radius 3 is 2.51 bits per heavy atom. The van der Waals surface area contributed by atoms with Crippen molar-refractivity contribution in [3.05, 3.63) is 35.9 Å². The van der Waals surface area contributed by atoms with Crippen LogP contribution in [0.25, 0.3) is 11.3 Å². The third kappa shape index (κ3) is 5.01. The lowest BCUT2D eigenvalue weighted by atomic mass is 9.94. The summed E-state index contributed by atoms with van der Waals surface area (Å²) in [6, 6.07) is 6.45. The standard InChI is InChI=1S/C25H31F3N4O3/c1-25(2,3)35-24(33)32-15-7-10-18(32)22(26)19(13-15)31(4)21-11-9-17(29-30-21)16-8-6-14(23(27)28)12-20(16)34-5/h6,8-9,11-12,15,18-19,22-23H,7,10,13H2,1-5H3/t15-,18-,19-,22+/m1/s1. The van der Waals surface area contributed by atoms with Gasteiger partial charge in [-0.1, -0.05) is 6.07 Å². The maximum atomic E-state index is 15.6. The number of fused-ring (bicyclic) bond motifs is 2. The maximum Gasteiger partial charge on any atom is 0.410 e. The number of anilines is 1. The van der Waals surface area contributed by atoms with Crippen molar-refractivity contribution in [1.29, 1.82) is 0 Å². The second-order valence-corrected chi connectivity index (χ2v) is 10.1. The second-order valence-electron chi connectivity index (χ2n) is 10.1. The minimum absolute atomic E-state index is 0.0980. The molecule has 0 unspecified atom stereocenters. The van der Waals surface area contributed by atoms with Crippen LogP contribution in [0, 0.1) is 0 Å². The number of amides is 1. The smallest absolute Gasteiger partial charge is 0.410 e. The van der Waals surface area contributed by atoms with Crippen molar-refractivity contribution in [2.45, 2.75) is 76.4 Å². The first kappa shape index (κ1) is 25.1. The lowest BCUT2D eigenvalue weighted by Crippen LogP contribution is -2.59. The van der Waals surface area contributed by atoms with Gasteiger partial charge in [-0.2, -0.15) is 0 Å². The van der Waals surface area contributed by atoms with Gasteiger partial charge in [0.25, 0.3) is 6.43 Å². The Balaban J connectivity index is 1.50. The van der Waals surface area contributed by atoms with E-state index in [-0.39, 0.29) is 17.4 Å². The number of benzene rings is 1. The summed E-state index contributed by atoms with van der Waals surface area (Å²) in [4.78, 5) is 16.0. The predicted molar refractivity (Wildman–Crippen MR) is 126 cm³/mol. The molecule has 1 aromatic heterocycles. The number of alkyl halides is 3. The second kappa shape index (κ2) is 9.54. The largest absolute Gasteiger partial charge is 0.496 e. The Hall–Kier alpha value is -3.04. The summed E-state index contributed by atoms with van der Waals surface area (Å²) in [5.41, 5.74) is 0.203. The summed E-state index contributed by atoms with van der Waals surface area (Å²) in [5, 5.41) is 8.52. The zero-order valence-corrected chi connectivity index (χ0v) is 20.5. The molecule has 10 heteroatoms. The average Bonchev–Trinajstić information content (AvgIpc) is 3.16. The van der Waals surface area contributed by atoms with Crippen LogP contribution < -0.4 is 9.64 Å². The van der Waals surface area contributed by atoms with Crippen molar-refractivity contribution in [3.8, 4) is 17.0 Å². The fourth-order valence-corrected chi connectivity index (χ4v) is 4.97. The number of carbonyl (C=O) groups excluding carboxylic acids is 1. The first-order valence-corrected chi connectivity index (χ1v) is 11.7. The first-order chi connectivity index (χ1) is 16.5. The van der Waals surface area contributed by atoms with Gasteiger partial charge in [0.1, 0.15) is 17.5 Å². The van der Waals surface area contributed by atoms with Gasteiger partial charge in [-0.05, 0) is 64.3 Å². The Labute approximate surface area is 203 Å². The number of hydrogen-bond acceptors (Lipinski definition) is 6. The number of carbonyl (C=O) groups is 1. The van der Waals surface area contributed by atoms with Crippen LogP contribution in [0.1, 0.15) is 52.0 Å². The van der Waals surface area contributed by atoms with E-state index in [4.69, 9.17) is 9.47 Å². The molecular weight excluding hydrogens is 461 g/mol. The molecule has 0 saturated carbocycles. The summed E-state index contributed by atoms with van der Waals surface area (Å²) >= 11 is 0. The highest BCUT2D eigenvalue weighted by Crippen LogP contribution is 2.41. The summed E-state index contributed by atoms with van der Waals surface area (Å²) in [5.74, 6) is 0.753. The van der Waals surface area contributed by atoms with Crippen molar-refractivity contribution < 1.29 is 27.4 Å². The van der Waals surface area contributed by atoms with Crippen LogP contribution in [0.15, 0.2) is 30.3 Å². The molecule has 0 N–H and O–H groups in total. The quantitative estimate of drug-likeness (QED) is 0.557. The van der Waals surface area contributed by atoms with E-state index in [1.165, 1.54) is 25.3 Å². The van der Waals surface area contributed by atoms with Crippen LogP contribution in [0.2, 0.25) is 0 Å². The van der Waals surface area contributed by atoms with Gasteiger partial charge in [0.15, 0.2) is 5.82 Å². The first-order valence-electron chi connectivity index (χ1n) is 11.7. The van der Waals surface area contributed by atoms with E-state index >= 15 is 4.39 Å². The summed E-state index contributed by atoms with van der Waals surface area (Å²) in [6.07, 6.45) is -2.56. The van der Waals surface area contributed by atoms with E-state index < -0.39 is 36.4 Å². The molecule has 4 atom stereocenters. The maximum absolute atomic E-state index is 15.6. The molecule has 0 spiro atoms. The summed E-state index contributed by atoms with van der Waals surface area (Å²) in [6.45, 7) is 5.39. The molecule has 2 saturated heterocycles. The minimum atomic E-state index is -2.61. The van der Waals surface area contributed by atoms with E-state index in [9.17, 15) is 13.6 Å². The molecule has 4 rings (SSSR count). The normalized spacial score (nSPS) is 24.0. The van der Waals surface area contributed by atoms with Gasteiger partial charge >= 0.3 is 6.09 Å². The predicted octanol–water partition coefficient (Wildman–Crippen LogP) is 5.40. The van der Waals surface area contributed by atoms with Crippen LogP contribution >= 0.6 is 0 Å². The van der Waals surface area contributed by atoms with Crippen molar-refractivity contribution >= 4 is 11.9 Å². The highest BCUT2D eigenvalue weighted by molar-refractivity contribution is 5.70. The third-order valence-electron chi connectivity index (χ3n) is 6.66. The zero-order valence-electron chi connectivity index (χ0n) is 20.5. The Morgan fingerprint density at radius 2 is 1.91 bits per heavy atom. The average molecular weight is 493 g/mol. The molecule has 2 bridgehead atoms. The van der Waals surface area contributed by atoms with Crippen molar-refractivity contribution in [2.75, 3.05) is 19.1 Å². The Morgan fingerprint density at radius 1 is 1.17 bits per heavy atom. The number of nitrogens with zero attached hydrogens (tertiary/aromatic N) is 4. The number of aromatic nitrogens is 2. The van der Waals surface area contributed by atoms with Crippen LogP contribution in [-0.2, 0) is 4.74 Å². The lowest BCUT2D eigenvalue weighted by Gasteiger charge is -2.44. The van der Waals surface area contributed by atoms with Crippen molar-refractivity contribution in [2.24, 2.45) is 0 Å². The fraction of sp³-hybridized carbons (Fsp3) is 0.560. The van der Waals surface area contributed by atoms with Crippen LogP contribution in [0.4, 0.5) is 23.8 Å². The SMILES string of the molecule is COc1cc(C(F)F)ccc1-c1ccc(N(C)[C@@H]2C[C@H]3CC[C@H]([C@@H]2F)N3C(=O)OC(C)(C)C)nn1. The van der Waals surface area contributed by atoms with Gasteiger partial charge in [0, 0.05) is 24.2 Å². The number of ether oxygens (including phenoxy) is 2. The van der Waals surface area contributed by atoms with E-state index in [1.54, 1.807) is 49.8 Å². The topological polar surface area (TPSA) is 67.8 Å². The Kier molecular flexibility index (Phi) is 6.83. The highest BCUT2D eigenvalue weighted by atomic mass is 19.3. The summed E-state index contributed by atoms with van der Waals surface area (Å²) < 4.78 is 52.5. The van der Waals surface area contributed by atoms with Crippen LogP contribution in [0.3, 0.4) is 0 Å². The van der Waals surface area contributed by atoms with Crippen molar-refractivity contribution in [1.82, 2.24) is 15.1 Å². The lowest BCUT2D eigenvalue weighted by molar-refractivity contribution is -0.0104. The molecule has 190 valence electrons. The Bertz CT molecular complexity index is 1060. The molecule has 0 aliphatic carbocycles. The number of methoxy groups -OCH3 is 1. The molecule has 2 aliphatic rings. The molecular formula is C25H31F3N4O3. The van der Waals surface area contributed by atoms with Crippen LogP contribution in [0.5, 0.6) is 5.75 Å². The molecule has 1 amide bonds. The van der Waals surface area contributed by atoms with Gasteiger partial charge in [-0.3, -0.25) is 4.90 Å². The molecule has 1 aromatic carbocycles. The van der Waals surface area contributed by atoms with E-state index in [2.05, 4.69) is 10.2 Å². The van der Waals surface area contributed by atoms with E-state index in [0.717, 1.165) is 6.42 Å². The number of hydrogen-bond donors (Lipinski definition) is 0. The number of piperidine rings is 1. The zero-order chi connectivity index (χ0) is 25.5. The highest BCUT2D eigenvalue weighted by Gasteiger charge is 2.52. The van der Waals surface area contributed by atoms with Gasteiger partial charge in [-0.25, -0.2) is 18.0 Å². The van der Waals surface area contributed by atoms with Gasteiger partial charge < -0.3 is 14.4 Å². The molecule has 35 heavy (non-hydrogen) atoms. The molecule has 2 fully saturated rings. The number of rotatable bonds is 5. The fourth-order valence-electron chi connectivity index (χ4n) is 4.97. The molecule has 0 radical (unpaired) electrons. The van der Waals surface area contributed by atoms with Gasteiger partial charge in [0.05, 0.1) is 24.9 Å². The van der Waals surface area contributed by atoms with Crippen molar-refractivity contribution in [3.63, 3.8) is 0 Å². The minimum Gasteiger partial charge on any atom is -0.496 e. The molecule has 2 aromatic rings. The van der Waals surface area contributed by atoms with E-state index in [1.807, 2.05) is 0 Å². The van der Waals surface area contributed by atoms with Crippen LogP contribution in [-0.4, -0.2) is 65.2 Å². The van der Waals surface area contributed by atoms with E-state index in [0.29, 0.717) is 29.9 Å².